The molecule has 0 aliphatic heterocycles. The number of rotatable bonds is 6. The SMILES string of the molecule is CCC(=O)OC1CC2(C)C(CC(=O)C3C2CCC2C(C)C(O)CCC23C)C1=C(CCC=C(C)C)C(=O)O. The molecule has 4 fully saturated rings. The van der Waals surface area contributed by atoms with Crippen LogP contribution in [-0.2, 0) is 19.1 Å². The number of esters is 1. The van der Waals surface area contributed by atoms with Crippen molar-refractivity contribution in [3.05, 3.63) is 22.8 Å². The summed E-state index contributed by atoms with van der Waals surface area (Å²) in [6.07, 6.45) is 6.64. The predicted octanol–water partition coefficient (Wildman–Crippen LogP) is 5.87. The molecule has 0 spiro atoms. The summed E-state index contributed by atoms with van der Waals surface area (Å²) < 4.78 is 5.95. The predicted molar refractivity (Wildman–Crippen MR) is 142 cm³/mol. The molecule has 206 valence electrons. The number of Topliss-reactive ketones (excluding diaryl/α,β-unsaturated/α-hetero) is 1. The highest BCUT2D eigenvalue weighted by Gasteiger charge is 2.66. The van der Waals surface area contributed by atoms with Gasteiger partial charge in [-0.1, -0.05) is 39.3 Å². The van der Waals surface area contributed by atoms with Crippen molar-refractivity contribution in [1.29, 1.82) is 0 Å². The van der Waals surface area contributed by atoms with Crippen molar-refractivity contribution in [2.45, 2.75) is 112 Å². The molecule has 4 aliphatic carbocycles. The van der Waals surface area contributed by atoms with Crippen molar-refractivity contribution in [3.63, 3.8) is 0 Å². The molecule has 0 radical (unpaired) electrons. The van der Waals surface area contributed by atoms with E-state index in [9.17, 15) is 24.6 Å². The number of ether oxygens (including phenoxy) is 1. The summed E-state index contributed by atoms with van der Waals surface area (Å²) >= 11 is 0. The van der Waals surface area contributed by atoms with Crippen LogP contribution in [0.25, 0.3) is 0 Å². The summed E-state index contributed by atoms with van der Waals surface area (Å²) in [5.41, 5.74) is 1.67. The molecule has 4 aliphatic rings. The van der Waals surface area contributed by atoms with E-state index in [4.69, 9.17) is 4.74 Å². The van der Waals surface area contributed by atoms with Crippen molar-refractivity contribution < 1.29 is 29.3 Å². The van der Waals surface area contributed by atoms with E-state index in [0.29, 0.717) is 42.7 Å². The van der Waals surface area contributed by atoms with Crippen LogP contribution in [0.1, 0.15) is 99.3 Å². The van der Waals surface area contributed by atoms with Crippen molar-refractivity contribution in [2.75, 3.05) is 0 Å². The summed E-state index contributed by atoms with van der Waals surface area (Å²) in [6.45, 7) is 12.4. The average molecular weight is 515 g/mol. The Balaban J connectivity index is 1.78. The lowest BCUT2D eigenvalue weighted by atomic mass is 9.42. The Morgan fingerprint density at radius 2 is 1.78 bits per heavy atom. The lowest BCUT2D eigenvalue weighted by molar-refractivity contribution is -0.170. The fourth-order valence-corrected chi connectivity index (χ4v) is 8.99. The smallest absolute Gasteiger partial charge is 0.331 e. The first-order valence-electron chi connectivity index (χ1n) is 14.3. The number of aliphatic hydroxyl groups excluding tert-OH is 1. The molecule has 6 heteroatoms. The van der Waals surface area contributed by atoms with Gasteiger partial charge in [-0.3, -0.25) is 9.59 Å². The molecule has 0 saturated heterocycles. The van der Waals surface area contributed by atoms with Crippen LogP contribution in [-0.4, -0.2) is 40.1 Å². The van der Waals surface area contributed by atoms with E-state index in [-0.39, 0.29) is 58.8 Å². The number of hydrogen-bond donors (Lipinski definition) is 2. The third kappa shape index (κ3) is 4.72. The molecular formula is C31H46O6. The van der Waals surface area contributed by atoms with Crippen LogP contribution in [0.3, 0.4) is 0 Å². The zero-order valence-corrected chi connectivity index (χ0v) is 23.5. The number of allylic oxidation sites excluding steroid dienone is 2. The van der Waals surface area contributed by atoms with Gasteiger partial charge in [-0.25, -0.2) is 4.79 Å². The van der Waals surface area contributed by atoms with Crippen molar-refractivity contribution in [1.82, 2.24) is 0 Å². The fourth-order valence-electron chi connectivity index (χ4n) is 8.99. The van der Waals surface area contributed by atoms with Crippen LogP contribution >= 0.6 is 0 Å². The Labute approximate surface area is 221 Å². The molecular weight excluding hydrogens is 468 g/mol. The number of aliphatic hydroxyl groups is 1. The van der Waals surface area contributed by atoms with Gasteiger partial charge in [0.1, 0.15) is 11.9 Å². The summed E-state index contributed by atoms with van der Waals surface area (Å²) in [6, 6.07) is 0. The molecule has 0 aromatic rings. The standard InChI is InChI=1S/C31H46O6/c1-7-26(34)37-25-16-31(6)21-12-11-20-18(4)23(32)13-14-30(20,5)28(21)24(33)15-22(31)27(25)19(29(35)36)10-8-9-17(2)3/h9,18,20-23,25,28,32H,7-8,10-16H2,1-6H3,(H,35,36). The maximum atomic E-state index is 14.0. The van der Waals surface area contributed by atoms with Gasteiger partial charge in [-0.15, -0.1) is 0 Å². The van der Waals surface area contributed by atoms with Crippen LogP contribution in [0, 0.1) is 40.4 Å². The molecule has 9 unspecified atom stereocenters. The highest BCUT2D eigenvalue weighted by Crippen LogP contribution is 2.68. The van der Waals surface area contributed by atoms with E-state index in [1.165, 1.54) is 0 Å². The highest BCUT2D eigenvalue weighted by molar-refractivity contribution is 5.90. The van der Waals surface area contributed by atoms with Gasteiger partial charge in [0.05, 0.1) is 6.10 Å². The Morgan fingerprint density at radius 1 is 1.11 bits per heavy atom. The van der Waals surface area contributed by atoms with Gasteiger partial charge in [0, 0.05) is 24.3 Å². The molecule has 0 heterocycles. The zero-order chi connectivity index (χ0) is 27.3. The Kier molecular flexibility index (Phi) is 7.82. The van der Waals surface area contributed by atoms with E-state index in [2.05, 4.69) is 20.8 Å². The van der Waals surface area contributed by atoms with Gasteiger partial charge in [0.25, 0.3) is 0 Å². The Bertz CT molecular complexity index is 1010. The average Bonchev–Trinajstić information content (AvgIpc) is 3.10. The number of hydrogen-bond acceptors (Lipinski definition) is 5. The summed E-state index contributed by atoms with van der Waals surface area (Å²) in [7, 11) is 0. The van der Waals surface area contributed by atoms with E-state index in [1.807, 2.05) is 19.9 Å². The van der Waals surface area contributed by atoms with Crippen LogP contribution in [0.2, 0.25) is 0 Å². The molecule has 37 heavy (non-hydrogen) atoms. The van der Waals surface area contributed by atoms with Gasteiger partial charge < -0.3 is 14.9 Å². The van der Waals surface area contributed by atoms with Crippen LogP contribution in [0.15, 0.2) is 22.8 Å². The lowest BCUT2D eigenvalue weighted by Gasteiger charge is -2.61. The maximum absolute atomic E-state index is 14.0. The van der Waals surface area contributed by atoms with Crippen molar-refractivity contribution in [2.24, 2.45) is 40.4 Å². The van der Waals surface area contributed by atoms with E-state index >= 15 is 0 Å². The number of carbonyl (C=O) groups is 3. The highest BCUT2D eigenvalue weighted by atomic mass is 16.5. The molecule has 9 atom stereocenters. The number of carbonyl (C=O) groups excluding carboxylic acids is 2. The Morgan fingerprint density at radius 3 is 2.41 bits per heavy atom. The molecule has 4 rings (SSSR count). The molecule has 4 saturated carbocycles. The topological polar surface area (TPSA) is 101 Å². The summed E-state index contributed by atoms with van der Waals surface area (Å²) in [4.78, 5) is 39.1. The maximum Gasteiger partial charge on any atom is 0.331 e. The van der Waals surface area contributed by atoms with E-state index < -0.39 is 12.1 Å². The van der Waals surface area contributed by atoms with Gasteiger partial charge in [-0.05, 0) is 98.9 Å². The molecule has 2 N–H and O–H groups in total. The second-order valence-corrected chi connectivity index (χ2v) is 13.1. The monoisotopic (exact) mass is 514 g/mol. The molecule has 0 bridgehead atoms. The molecule has 0 aromatic carbocycles. The quantitative estimate of drug-likeness (QED) is 0.261. The second-order valence-electron chi connectivity index (χ2n) is 13.1. The molecule has 0 aromatic heterocycles. The largest absolute Gasteiger partial charge is 0.478 e. The van der Waals surface area contributed by atoms with Gasteiger partial charge in [0.15, 0.2) is 0 Å². The van der Waals surface area contributed by atoms with Crippen molar-refractivity contribution >= 4 is 17.7 Å². The second kappa shape index (κ2) is 10.3. The van der Waals surface area contributed by atoms with Gasteiger partial charge in [0.2, 0.25) is 0 Å². The first kappa shape index (κ1) is 28.1. The number of ketones is 1. The number of carboxylic acids is 1. The van der Waals surface area contributed by atoms with Gasteiger partial charge in [-0.2, -0.15) is 0 Å². The minimum Gasteiger partial charge on any atom is -0.478 e. The summed E-state index contributed by atoms with van der Waals surface area (Å²) in [5, 5.41) is 20.9. The molecule has 6 nitrogen and oxygen atoms in total. The Hall–Kier alpha value is -1.95. The summed E-state index contributed by atoms with van der Waals surface area (Å²) in [5.74, 6) is -0.780. The van der Waals surface area contributed by atoms with E-state index in [0.717, 1.165) is 31.3 Å². The first-order chi connectivity index (χ1) is 17.3. The lowest BCUT2D eigenvalue weighted by Crippen LogP contribution is -2.59. The molecule has 0 amide bonds. The fraction of sp³-hybridized carbons (Fsp3) is 0.774. The minimum absolute atomic E-state index is 0.0942. The van der Waals surface area contributed by atoms with E-state index in [1.54, 1.807) is 6.92 Å². The van der Waals surface area contributed by atoms with Crippen molar-refractivity contribution in [3.8, 4) is 0 Å². The van der Waals surface area contributed by atoms with Crippen LogP contribution < -0.4 is 0 Å². The zero-order valence-electron chi connectivity index (χ0n) is 23.5. The third-order valence-electron chi connectivity index (χ3n) is 10.8. The third-order valence-corrected chi connectivity index (χ3v) is 10.8. The minimum atomic E-state index is -0.973. The van der Waals surface area contributed by atoms with Crippen LogP contribution in [0.5, 0.6) is 0 Å². The number of aliphatic carboxylic acids is 1. The normalized spacial score (nSPS) is 42.2. The van der Waals surface area contributed by atoms with Crippen LogP contribution in [0.4, 0.5) is 0 Å². The number of fused-ring (bicyclic) bond motifs is 5. The first-order valence-corrected chi connectivity index (χ1v) is 14.3. The van der Waals surface area contributed by atoms with Gasteiger partial charge >= 0.3 is 11.9 Å². The number of carboxylic acid groups (broad SMARTS) is 1.